The van der Waals surface area contributed by atoms with E-state index in [-0.39, 0.29) is 46.1 Å². The third kappa shape index (κ3) is 2.93. The summed E-state index contributed by atoms with van der Waals surface area (Å²) in [6, 6.07) is 12.1. The molecule has 0 spiro atoms. The van der Waals surface area contributed by atoms with Crippen molar-refractivity contribution >= 4 is 43.5 Å². The number of fused-ring (bicyclic) bond motifs is 5. The second-order valence-corrected chi connectivity index (χ2v) is 9.96. The molecule has 1 heterocycles. The Morgan fingerprint density at radius 2 is 1.41 bits per heavy atom. The van der Waals surface area contributed by atoms with Gasteiger partial charge in [0, 0.05) is 4.47 Å². The predicted molar refractivity (Wildman–Crippen MR) is 109 cm³/mol. The van der Waals surface area contributed by atoms with Crippen LogP contribution >= 0.6 is 15.9 Å². The molecule has 8 heteroatoms. The summed E-state index contributed by atoms with van der Waals surface area (Å²) in [4.78, 5) is 27.0. The summed E-state index contributed by atoms with van der Waals surface area (Å²) in [7, 11) is -3.98. The first-order valence-electron chi connectivity index (χ1n) is 9.21. The minimum atomic E-state index is -3.98. The summed E-state index contributed by atoms with van der Waals surface area (Å²) < 4.78 is 30.7. The molecular formula is C21H16BrNO5S. The van der Waals surface area contributed by atoms with Gasteiger partial charge in [-0.05, 0) is 66.8 Å². The van der Waals surface area contributed by atoms with E-state index in [1.54, 1.807) is 24.3 Å². The molecule has 4 atom stereocenters. The van der Waals surface area contributed by atoms with Crippen molar-refractivity contribution in [1.29, 1.82) is 0 Å². The van der Waals surface area contributed by atoms with Crippen LogP contribution in [0.25, 0.3) is 0 Å². The number of rotatable bonds is 4. The minimum absolute atomic E-state index is 0.0328. The number of halogens is 1. The van der Waals surface area contributed by atoms with Crippen molar-refractivity contribution in [2.24, 2.45) is 23.7 Å². The molecule has 5 rings (SSSR count). The smallest absolute Gasteiger partial charge is 0.339 e. The number of hydrogen-bond acceptors (Lipinski definition) is 5. The highest BCUT2D eigenvalue weighted by molar-refractivity contribution is 9.10. The third-order valence-electron chi connectivity index (χ3n) is 5.87. The molecule has 1 saturated carbocycles. The highest BCUT2D eigenvalue weighted by atomic mass is 79.9. The lowest BCUT2D eigenvalue weighted by molar-refractivity contribution is -0.123. The van der Waals surface area contributed by atoms with Gasteiger partial charge in [0.2, 0.25) is 11.8 Å². The van der Waals surface area contributed by atoms with E-state index in [1.807, 2.05) is 12.2 Å². The maximum Gasteiger partial charge on any atom is 0.339 e. The fourth-order valence-corrected chi connectivity index (χ4v) is 5.78. The van der Waals surface area contributed by atoms with Crippen LogP contribution in [0.5, 0.6) is 5.75 Å². The Morgan fingerprint density at radius 3 is 1.97 bits per heavy atom. The molecule has 6 nitrogen and oxygen atoms in total. The van der Waals surface area contributed by atoms with Gasteiger partial charge in [-0.2, -0.15) is 8.42 Å². The molecule has 0 aromatic heterocycles. The third-order valence-corrected chi connectivity index (χ3v) is 7.66. The quantitative estimate of drug-likeness (QED) is 0.385. The standard InChI is InChI=1S/C21H16BrNO5S/c22-14-3-9-17(10-4-14)29(26,27)28-16-7-5-15(6-8-16)23-20(24)18-12-1-2-13(11-12)19(18)21(23)25/h1-10,12-13,18-19H,11H2/t12-,13+,18-,19+. The number of allylic oxidation sites excluding steroid dienone is 2. The SMILES string of the molecule is O=C1[C@@H]2[C@H](C(=O)N1c1ccc(OS(=O)(=O)c3ccc(Br)cc3)cc1)[C@@H]1C=C[C@H]2C1. The summed E-state index contributed by atoms with van der Waals surface area (Å²) >= 11 is 3.26. The Morgan fingerprint density at radius 1 is 0.862 bits per heavy atom. The zero-order valence-electron chi connectivity index (χ0n) is 15.1. The van der Waals surface area contributed by atoms with Gasteiger partial charge in [-0.3, -0.25) is 14.5 Å². The maximum atomic E-state index is 12.9. The predicted octanol–water partition coefficient (Wildman–Crippen LogP) is 3.53. The fourth-order valence-electron chi connectivity index (χ4n) is 4.58. The Labute approximate surface area is 176 Å². The van der Waals surface area contributed by atoms with Crippen molar-refractivity contribution in [3.05, 3.63) is 65.2 Å². The average Bonchev–Trinajstić information content (AvgIpc) is 3.37. The van der Waals surface area contributed by atoms with E-state index >= 15 is 0 Å². The van der Waals surface area contributed by atoms with Crippen LogP contribution in [0.2, 0.25) is 0 Å². The van der Waals surface area contributed by atoms with Gasteiger partial charge in [-0.15, -0.1) is 0 Å². The van der Waals surface area contributed by atoms with Crippen LogP contribution in [0.15, 0.2) is 70.1 Å². The lowest BCUT2D eigenvalue weighted by Crippen LogP contribution is -2.32. The van der Waals surface area contributed by atoms with E-state index in [9.17, 15) is 18.0 Å². The number of benzene rings is 2. The monoisotopic (exact) mass is 473 g/mol. The number of carbonyl (C=O) groups is 2. The number of hydrogen-bond donors (Lipinski definition) is 0. The molecule has 0 radical (unpaired) electrons. The molecule has 1 saturated heterocycles. The van der Waals surface area contributed by atoms with Gasteiger partial charge in [0.05, 0.1) is 17.5 Å². The van der Waals surface area contributed by atoms with E-state index in [0.717, 1.165) is 10.9 Å². The normalized spacial score (nSPS) is 27.6. The molecule has 2 aromatic rings. The largest absolute Gasteiger partial charge is 0.379 e. The number of nitrogens with zero attached hydrogens (tertiary/aromatic N) is 1. The van der Waals surface area contributed by atoms with Crippen LogP contribution in [-0.2, 0) is 19.7 Å². The zero-order chi connectivity index (χ0) is 20.3. The van der Waals surface area contributed by atoms with E-state index in [4.69, 9.17) is 4.18 Å². The summed E-state index contributed by atoms with van der Waals surface area (Å²) in [5, 5.41) is 0. The van der Waals surface area contributed by atoms with Crippen molar-refractivity contribution < 1.29 is 22.2 Å². The Kier molecular flexibility index (Phi) is 4.18. The second kappa shape index (κ2) is 6.53. The van der Waals surface area contributed by atoms with Crippen molar-refractivity contribution in [2.45, 2.75) is 11.3 Å². The second-order valence-electron chi connectivity index (χ2n) is 7.50. The van der Waals surface area contributed by atoms with E-state index in [1.165, 1.54) is 29.2 Å². The van der Waals surface area contributed by atoms with Crippen molar-refractivity contribution in [3.63, 3.8) is 0 Å². The van der Waals surface area contributed by atoms with Crippen LogP contribution in [0.4, 0.5) is 5.69 Å². The van der Waals surface area contributed by atoms with Crippen molar-refractivity contribution in [2.75, 3.05) is 4.90 Å². The van der Waals surface area contributed by atoms with E-state index in [0.29, 0.717) is 5.69 Å². The van der Waals surface area contributed by atoms with Crippen LogP contribution in [0.3, 0.4) is 0 Å². The molecule has 3 aliphatic rings. The molecule has 1 aliphatic heterocycles. The molecule has 2 fully saturated rings. The number of amides is 2. The Balaban J connectivity index is 1.36. The molecule has 2 aliphatic carbocycles. The first-order valence-corrected chi connectivity index (χ1v) is 11.4. The molecule has 2 amide bonds. The van der Waals surface area contributed by atoms with Gasteiger partial charge in [-0.1, -0.05) is 28.1 Å². The van der Waals surface area contributed by atoms with Gasteiger partial charge in [0.1, 0.15) is 10.6 Å². The lowest BCUT2D eigenvalue weighted by atomic mass is 9.85. The molecule has 148 valence electrons. The summed E-state index contributed by atoms with van der Waals surface area (Å²) in [6.07, 6.45) is 4.97. The highest BCUT2D eigenvalue weighted by Crippen LogP contribution is 2.53. The van der Waals surface area contributed by atoms with Gasteiger partial charge in [0.15, 0.2) is 0 Å². The van der Waals surface area contributed by atoms with E-state index < -0.39 is 10.1 Å². The van der Waals surface area contributed by atoms with Crippen LogP contribution < -0.4 is 9.08 Å². The first kappa shape index (κ1) is 18.6. The summed E-state index contributed by atoms with van der Waals surface area (Å²) in [5.74, 6) is -0.494. The van der Waals surface area contributed by atoms with Crippen molar-refractivity contribution in [1.82, 2.24) is 0 Å². The lowest BCUT2D eigenvalue weighted by Gasteiger charge is -2.17. The highest BCUT2D eigenvalue weighted by Gasteiger charge is 2.59. The Bertz CT molecular complexity index is 1110. The molecule has 2 aromatic carbocycles. The summed E-state index contributed by atoms with van der Waals surface area (Å²) in [6.45, 7) is 0. The van der Waals surface area contributed by atoms with E-state index in [2.05, 4.69) is 15.9 Å². The van der Waals surface area contributed by atoms with Gasteiger partial charge < -0.3 is 4.18 Å². The minimum Gasteiger partial charge on any atom is -0.379 e. The Hall–Kier alpha value is -2.45. The van der Waals surface area contributed by atoms with Crippen LogP contribution in [-0.4, -0.2) is 20.2 Å². The molecule has 0 N–H and O–H groups in total. The fraction of sp³-hybridized carbons (Fsp3) is 0.238. The zero-order valence-corrected chi connectivity index (χ0v) is 17.5. The molecule has 29 heavy (non-hydrogen) atoms. The topological polar surface area (TPSA) is 80.8 Å². The summed E-state index contributed by atoms with van der Waals surface area (Å²) in [5.41, 5.74) is 0.433. The van der Waals surface area contributed by atoms with Crippen LogP contribution in [0.1, 0.15) is 6.42 Å². The molecular weight excluding hydrogens is 458 g/mol. The first-order chi connectivity index (χ1) is 13.8. The van der Waals surface area contributed by atoms with Gasteiger partial charge >= 0.3 is 10.1 Å². The number of anilines is 1. The molecule has 2 bridgehead atoms. The number of carbonyl (C=O) groups excluding carboxylic acids is 2. The maximum absolute atomic E-state index is 12.9. The van der Waals surface area contributed by atoms with Gasteiger partial charge in [0.25, 0.3) is 0 Å². The van der Waals surface area contributed by atoms with Crippen molar-refractivity contribution in [3.8, 4) is 5.75 Å². The molecule has 0 unspecified atom stereocenters. The number of imide groups is 1. The average molecular weight is 474 g/mol. The van der Waals surface area contributed by atoms with Crippen LogP contribution in [0, 0.1) is 23.7 Å². The van der Waals surface area contributed by atoms with Gasteiger partial charge in [-0.25, -0.2) is 0 Å².